The number of carbonyl (C=O) groups is 1. The maximum atomic E-state index is 12.5. The number of benzene rings is 1. The molecule has 2 amide bonds. The molecule has 0 aliphatic carbocycles. The van der Waals surface area contributed by atoms with Crippen LogP contribution in [0.5, 0.6) is 5.88 Å². The Bertz CT molecular complexity index is 855. The van der Waals surface area contributed by atoms with Gasteiger partial charge in [-0.25, -0.2) is 14.8 Å². The van der Waals surface area contributed by atoms with E-state index in [-0.39, 0.29) is 23.7 Å². The van der Waals surface area contributed by atoms with Crippen LogP contribution in [0.2, 0.25) is 10.0 Å². The summed E-state index contributed by atoms with van der Waals surface area (Å²) >= 11 is 11.9. The summed E-state index contributed by atoms with van der Waals surface area (Å²) in [5.41, 5.74) is 0.693. The number of amides is 2. The van der Waals surface area contributed by atoms with Gasteiger partial charge in [0.25, 0.3) is 5.88 Å². The number of rotatable bonds is 3. The number of halogens is 2. The Hall–Kier alpha value is -2.56. The summed E-state index contributed by atoms with van der Waals surface area (Å²) in [6, 6.07) is 6.60. The summed E-state index contributed by atoms with van der Waals surface area (Å²) in [7, 11) is 0. The number of hydrogen-bond acceptors (Lipinski definition) is 5. The molecule has 0 radical (unpaired) electrons. The van der Waals surface area contributed by atoms with Crippen molar-refractivity contribution in [2.24, 2.45) is 0 Å². The first-order chi connectivity index (χ1) is 12.6. The quantitative estimate of drug-likeness (QED) is 0.860. The summed E-state index contributed by atoms with van der Waals surface area (Å²) in [5.74, 6) is 0.187. The maximum Gasteiger partial charge on any atom is 0.321 e. The molecule has 26 heavy (non-hydrogen) atoms. The summed E-state index contributed by atoms with van der Waals surface area (Å²) in [6.45, 7) is 0.993. The summed E-state index contributed by atoms with van der Waals surface area (Å²) in [5, 5.41) is 12.7. The lowest BCUT2D eigenvalue weighted by Crippen LogP contribution is -2.46. The van der Waals surface area contributed by atoms with Crippen LogP contribution in [0.1, 0.15) is 18.5 Å². The van der Waals surface area contributed by atoms with Gasteiger partial charge in [0.15, 0.2) is 0 Å². The van der Waals surface area contributed by atoms with Gasteiger partial charge in [0.2, 0.25) is 5.69 Å². The van der Waals surface area contributed by atoms with Crippen molar-refractivity contribution in [3.05, 3.63) is 46.3 Å². The first kappa shape index (κ1) is 18.2. The van der Waals surface area contributed by atoms with Gasteiger partial charge < -0.3 is 15.0 Å². The molecule has 1 unspecified atom stereocenters. The van der Waals surface area contributed by atoms with E-state index in [1.54, 1.807) is 23.1 Å². The second kappa shape index (κ2) is 8.21. The highest BCUT2D eigenvalue weighted by atomic mass is 35.5. The largest absolute Gasteiger partial charge is 0.470 e. The minimum absolute atomic E-state index is 0.130. The molecule has 0 spiro atoms. The molecule has 1 fully saturated rings. The second-order valence-electron chi connectivity index (χ2n) is 5.71. The third-order valence-corrected chi connectivity index (χ3v) is 4.62. The van der Waals surface area contributed by atoms with Gasteiger partial charge in [-0.2, -0.15) is 5.26 Å². The lowest BCUT2D eigenvalue weighted by Gasteiger charge is -2.32. The molecule has 2 heterocycles. The SMILES string of the molecule is N#Cc1nccnc1OC1CCCN(C(=O)Nc2ccc(Cl)c(Cl)c2)C1. The number of piperidine rings is 1. The molecule has 1 saturated heterocycles. The molecule has 2 aromatic rings. The van der Waals surface area contributed by atoms with Crippen LogP contribution >= 0.6 is 23.2 Å². The monoisotopic (exact) mass is 391 g/mol. The van der Waals surface area contributed by atoms with E-state index in [4.69, 9.17) is 33.2 Å². The zero-order chi connectivity index (χ0) is 18.5. The maximum absolute atomic E-state index is 12.5. The number of nitrogens with zero attached hydrogens (tertiary/aromatic N) is 4. The normalized spacial score (nSPS) is 16.7. The minimum atomic E-state index is -0.257. The van der Waals surface area contributed by atoms with E-state index in [1.807, 2.05) is 6.07 Å². The molecule has 1 aliphatic rings. The fourth-order valence-corrected chi connectivity index (χ4v) is 2.94. The van der Waals surface area contributed by atoms with E-state index in [9.17, 15) is 4.79 Å². The van der Waals surface area contributed by atoms with Crippen molar-refractivity contribution in [2.75, 3.05) is 18.4 Å². The molecule has 7 nitrogen and oxygen atoms in total. The van der Waals surface area contributed by atoms with Crippen LogP contribution in [0.15, 0.2) is 30.6 Å². The number of carbonyl (C=O) groups excluding carboxylic acids is 1. The molecule has 1 aromatic heterocycles. The lowest BCUT2D eigenvalue weighted by molar-refractivity contribution is 0.102. The van der Waals surface area contributed by atoms with Gasteiger partial charge >= 0.3 is 6.03 Å². The Morgan fingerprint density at radius 2 is 2.12 bits per heavy atom. The third kappa shape index (κ3) is 4.34. The van der Waals surface area contributed by atoms with Gasteiger partial charge in [-0.05, 0) is 31.0 Å². The fraction of sp³-hybridized carbons (Fsp3) is 0.294. The Morgan fingerprint density at radius 1 is 1.31 bits per heavy atom. The van der Waals surface area contributed by atoms with Gasteiger partial charge in [0.1, 0.15) is 12.2 Å². The van der Waals surface area contributed by atoms with Crippen molar-refractivity contribution in [3.63, 3.8) is 0 Å². The molecule has 9 heteroatoms. The molecule has 1 atom stereocenters. The third-order valence-electron chi connectivity index (χ3n) is 3.89. The van der Waals surface area contributed by atoms with E-state index in [2.05, 4.69) is 15.3 Å². The number of ether oxygens (including phenoxy) is 1. The van der Waals surface area contributed by atoms with Crippen molar-refractivity contribution in [1.82, 2.24) is 14.9 Å². The minimum Gasteiger partial charge on any atom is -0.470 e. The molecule has 1 aromatic carbocycles. The highest BCUT2D eigenvalue weighted by molar-refractivity contribution is 6.42. The average Bonchev–Trinajstić information content (AvgIpc) is 2.65. The first-order valence-electron chi connectivity index (χ1n) is 7.95. The predicted molar refractivity (Wildman–Crippen MR) is 97.5 cm³/mol. The van der Waals surface area contributed by atoms with E-state index in [0.29, 0.717) is 28.8 Å². The number of likely N-dealkylation sites (tertiary alicyclic amines) is 1. The molecule has 134 valence electrons. The number of hydrogen-bond donors (Lipinski definition) is 1. The molecule has 0 bridgehead atoms. The number of nitrogens with one attached hydrogen (secondary N) is 1. The molecule has 0 saturated carbocycles. The molecule has 1 N–H and O–H groups in total. The van der Waals surface area contributed by atoms with Crippen LogP contribution in [0.4, 0.5) is 10.5 Å². The molecule has 1 aliphatic heterocycles. The van der Waals surface area contributed by atoms with Crippen molar-refractivity contribution in [1.29, 1.82) is 5.26 Å². The first-order valence-corrected chi connectivity index (χ1v) is 8.71. The summed E-state index contributed by atoms with van der Waals surface area (Å²) in [6.07, 6.45) is 4.18. The van der Waals surface area contributed by atoms with Crippen LogP contribution in [-0.4, -0.2) is 40.1 Å². The van der Waals surface area contributed by atoms with Crippen LogP contribution < -0.4 is 10.1 Å². The number of nitriles is 1. The molecule has 3 rings (SSSR count). The smallest absolute Gasteiger partial charge is 0.321 e. The highest BCUT2D eigenvalue weighted by Gasteiger charge is 2.26. The molecular weight excluding hydrogens is 377 g/mol. The Labute approximate surface area is 160 Å². The highest BCUT2D eigenvalue weighted by Crippen LogP contribution is 2.25. The van der Waals surface area contributed by atoms with E-state index < -0.39 is 0 Å². The van der Waals surface area contributed by atoms with E-state index in [0.717, 1.165) is 12.8 Å². The molecular formula is C17H15Cl2N5O2. The van der Waals surface area contributed by atoms with E-state index >= 15 is 0 Å². The number of aromatic nitrogens is 2. The van der Waals surface area contributed by atoms with Crippen LogP contribution in [0.25, 0.3) is 0 Å². The predicted octanol–water partition coefficient (Wildman–Crippen LogP) is 3.73. The standard InChI is InChI=1S/C17H15Cl2N5O2/c18-13-4-3-11(8-14(13)19)23-17(25)24-7-1-2-12(10-24)26-16-15(9-20)21-5-6-22-16/h3-6,8,12H,1-2,7,10H2,(H,23,25). The average molecular weight is 392 g/mol. The van der Waals surface area contributed by atoms with Crippen LogP contribution in [-0.2, 0) is 0 Å². The van der Waals surface area contributed by atoms with Crippen molar-refractivity contribution >= 4 is 34.9 Å². The second-order valence-corrected chi connectivity index (χ2v) is 6.52. The van der Waals surface area contributed by atoms with Crippen molar-refractivity contribution in [2.45, 2.75) is 18.9 Å². The Kier molecular flexibility index (Phi) is 5.76. The van der Waals surface area contributed by atoms with Crippen molar-refractivity contribution < 1.29 is 9.53 Å². The number of urea groups is 1. The topological polar surface area (TPSA) is 91.1 Å². The zero-order valence-electron chi connectivity index (χ0n) is 13.7. The lowest BCUT2D eigenvalue weighted by atomic mass is 10.1. The van der Waals surface area contributed by atoms with Crippen LogP contribution in [0, 0.1) is 11.3 Å². The Balaban J connectivity index is 1.63. The van der Waals surface area contributed by atoms with Crippen LogP contribution in [0.3, 0.4) is 0 Å². The van der Waals surface area contributed by atoms with Gasteiger partial charge in [-0.3, -0.25) is 0 Å². The Morgan fingerprint density at radius 3 is 2.88 bits per heavy atom. The van der Waals surface area contributed by atoms with Crippen molar-refractivity contribution in [3.8, 4) is 11.9 Å². The van der Waals surface area contributed by atoms with Gasteiger partial charge in [0, 0.05) is 24.6 Å². The van der Waals surface area contributed by atoms with Gasteiger partial charge in [-0.1, -0.05) is 23.2 Å². The van der Waals surface area contributed by atoms with Gasteiger partial charge in [0.05, 0.1) is 16.6 Å². The summed E-state index contributed by atoms with van der Waals surface area (Å²) < 4.78 is 5.79. The zero-order valence-corrected chi connectivity index (χ0v) is 15.2. The fourth-order valence-electron chi connectivity index (χ4n) is 2.64. The van der Waals surface area contributed by atoms with Gasteiger partial charge in [-0.15, -0.1) is 0 Å². The van der Waals surface area contributed by atoms with E-state index in [1.165, 1.54) is 12.4 Å². The summed E-state index contributed by atoms with van der Waals surface area (Å²) in [4.78, 5) is 22.1. The number of anilines is 1.